The van der Waals surface area contributed by atoms with Gasteiger partial charge in [0.15, 0.2) is 0 Å². The number of hydrogen-bond donors (Lipinski definition) is 3. The lowest BCUT2D eigenvalue weighted by molar-refractivity contribution is -0.143. The van der Waals surface area contributed by atoms with Gasteiger partial charge in [0.1, 0.15) is 5.54 Å². The van der Waals surface area contributed by atoms with E-state index in [0.717, 1.165) is 10.0 Å². The minimum Gasteiger partial charge on any atom is -0.392 e. The quantitative estimate of drug-likeness (QED) is 0.575. The molecule has 31 heavy (non-hydrogen) atoms. The Labute approximate surface area is 187 Å². The van der Waals surface area contributed by atoms with Gasteiger partial charge in [0.05, 0.1) is 17.9 Å². The second kappa shape index (κ2) is 7.25. The Hall–Kier alpha value is -2.55. The van der Waals surface area contributed by atoms with Crippen LogP contribution in [-0.4, -0.2) is 46.4 Å². The molecule has 2 saturated heterocycles. The highest BCUT2D eigenvalue weighted by Crippen LogP contribution is 2.53. The number of hydrogen-bond acceptors (Lipinski definition) is 5. The largest absolute Gasteiger partial charge is 0.392 e. The summed E-state index contributed by atoms with van der Waals surface area (Å²) in [5, 5.41) is 16.5. The summed E-state index contributed by atoms with van der Waals surface area (Å²) >= 11 is 3.44. The highest BCUT2D eigenvalue weighted by Gasteiger charge is 2.71. The summed E-state index contributed by atoms with van der Waals surface area (Å²) in [6.07, 6.45) is -0.381. The number of nitrogens with zero attached hydrogens (tertiary/aromatic N) is 1. The summed E-state index contributed by atoms with van der Waals surface area (Å²) in [6, 6.07) is 14.3. The number of anilines is 1. The smallest absolute Gasteiger partial charge is 0.250 e. The Morgan fingerprint density at radius 2 is 1.87 bits per heavy atom. The summed E-state index contributed by atoms with van der Waals surface area (Å²) in [5.41, 5.74) is 0.859. The first kappa shape index (κ1) is 20.4. The van der Waals surface area contributed by atoms with E-state index in [1.165, 1.54) is 4.90 Å². The second-order valence-electron chi connectivity index (χ2n) is 8.43. The van der Waals surface area contributed by atoms with Crippen molar-refractivity contribution in [3.63, 3.8) is 0 Å². The number of nitrogens with one attached hydrogen (secondary N) is 2. The van der Waals surface area contributed by atoms with Crippen LogP contribution in [-0.2, 0) is 26.3 Å². The number of likely N-dealkylation sites (tertiary alicyclic amines) is 1. The van der Waals surface area contributed by atoms with Crippen molar-refractivity contribution in [3.05, 3.63) is 64.1 Å². The van der Waals surface area contributed by atoms with Gasteiger partial charge in [0.25, 0.3) is 0 Å². The molecule has 2 aromatic carbocycles. The van der Waals surface area contributed by atoms with Crippen LogP contribution in [0.4, 0.5) is 5.69 Å². The predicted molar refractivity (Wildman–Crippen MR) is 117 cm³/mol. The molecule has 8 heteroatoms. The van der Waals surface area contributed by atoms with E-state index >= 15 is 0 Å². The Morgan fingerprint density at radius 3 is 2.58 bits per heavy atom. The summed E-state index contributed by atoms with van der Waals surface area (Å²) in [4.78, 5) is 41.5. The second-order valence-corrected chi connectivity index (χ2v) is 9.35. The van der Waals surface area contributed by atoms with Gasteiger partial charge in [0.2, 0.25) is 17.7 Å². The van der Waals surface area contributed by atoms with E-state index in [-0.39, 0.29) is 24.3 Å². The maximum Gasteiger partial charge on any atom is 0.250 e. The molecule has 3 heterocycles. The van der Waals surface area contributed by atoms with E-state index in [1.54, 1.807) is 19.1 Å². The summed E-state index contributed by atoms with van der Waals surface area (Å²) in [6.45, 7) is 1.82. The van der Waals surface area contributed by atoms with E-state index < -0.39 is 29.5 Å². The van der Waals surface area contributed by atoms with E-state index in [0.29, 0.717) is 17.7 Å². The van der Waals surface area contributed by atoms with Gasteiger partial charge in [-0.2, -0.15) is 0 Å². The molecule has 160 valence electrons. The molecule has 0 radical (unpaired) electrons. The molecule has 5 rings (SSSR count). The molecule has 0 unspecified atom stereocenters. The maximum absolute atomic E-state index is 13.6. The third-order valence-electron chi connectivity index (χ3n) is 6.69. The van der Waals surface area contributed by atoms with Crippen LogP contribution in [0.25, 0.3) is 0 Å². The van der Waals surface area contributed by atoms with E-state index in [2.05, 4.69) is 26.6 Å². The van der Waals surface area contributed by atoms with Gasteiger partial charge in [-0.15, -0.1) is 0 Å². The Morgan fingerprint density at radius 1 is 1.13 bits per heavy atom. The number of aliphatic hydroxyl groups is 1. The predicted octanol–water partition coefficient (Wildman–Crippen LogP) is 1.79. The fourth-order valence-corrected chi connectivity index (χ4v) is 5.65. The van der Waals surface area contributed by atoms with Crippen LogP contribution in [0.1, 0.15) is 18.1 Å². The van der Waals surface area contributed by atoms with E-state index in [9.17, 15) is 19.5 Å². The highest BCUT2D eigenvalue weighted by molar-refractivity contribution is 9.10. The number of amides is 3. The van der Waals surface area contributed by atoms with E-state index in [4.69, 9.17) is 0 Å². The number of carbonyl (C=O) groups is 3. The summed E-state index contributed by atoms with van der Waals surface area (Å²) in [5.74, 6) is -2.79. The molecule has 0 bridgehead atoms. The van der Waals surface area contributed by atoms with Crippen molar-refractivity contribution in [2.75, 3.05) is 11.9 Å². The average molecular weight is 484 g/mol. The molecule has 0 aliphatic carbocycles. The van der Waals surface area contributed by atoms with Crippen molar-refractivity contribution >= 4 is 39.3 Å². The van der Waals surface area contributed by atoms with E-state index in [1.807, 2.05) is 36.4 Å². The van der Waals surface area contributed by atoms with Crippen molar-refractivity contribution in [1.82, 2.24) is 10.2 Å². The first-order chi connectivity index (χ1) is 14.8. The first-order valence-corrected chi connectivity index (χ1v) is 11.1. The zero-order valence-electron chi connectivity index (χ0n) is 16.8. The van der Waals surface area contributed by atoms with Crippen LogP contribution in [0.3, 0.4) is 0 Å². The maximum atomic E-state index is 13.6. The third-order valence-corrected chi connectivity index (χ3v) is 7.18. The number of fused-ring (bicyclic) bond motifs is 4. The zero-order chi connectivity index (χ0) is 21.9. The number of aliphatic hydroxyl groups excluding tert-OH is 1. The number of imide groups is 1. The molecule has 5 atom stereocenters. The molecule has 2 fully saturated rings. The SMILES string of the molecule is C[C@@H](O)[C@H]1N[C@]2(C(=O)Nc3ccc(Br)cc32)[C@@H]2C(=O)N(CCc3ccccc3)C(=O)[C@H]12. The van der Waals surface area contributed by atoms with Gasteiger partial charge in [-0.05, 0) is 37.1 Å². The molecule has 7 nitrogen and oxygen atoms in total. The van der Waals surface area contributed by atoms with Crippen molar-refractivity contribution in [2.45, 2.75) is 31.0 Å². The molecule has 3 N–H and O–H groups in total. The minimum absolute atomic E-state index is 0.240. The molecule has 3 aliphatic rings. The normalized spacial score (nSPS) is 30.0. The van der Waals surface area contributed by atoms with Crippen LogP contribution >= 0.6 is 15.9 Å². The van der Waals surface area contributed by atoms with Gasteiger partial charge in [-0.25, -0.2) is 0 Å². The number of rotatable bonds is 4. The van der Waals surface area contributed by atoms with Gasteiger partial charge in [-0.1, -0.05) is 46.3 Å². The molecule has 3 amide bonds. The topological polar surface area (TPSA) is 98.7 Å². The Bertz CT molecular complexity index is 1090. The van der Waals surface area contributed by atoms with Gasteiger partial charge in [0, 0.05) is 28.3 Å². The van der Waals surface area contributed by atoms with Crippen LogP contribution in [0.5, 0.6) is 0 Å². The van der Waals surface area contributed by atoms with Crippen LogP contribution in [0, 0.1) is 11.8 Å². The third kappa shape index (κ3) is 2.89. The monoisotopic (exact) mass is 483 g/mol. The number of halogens is 1. The Balaban J connectivity index is 1.55. The summed E-state index contributed by atoms with van der Waals surface area (Å²) in [7, 11) is 0. The lowest BCUT2D eigenvalue weighted by atomic mass is 9.76. The van der Waals surface area contributed by atoms with Gasteiger partial charge < -0.3 is 10.4 Å². The van der Waals surface area contributed by atoms with Crippen LogP contribution in [0.2, 0.25) is 0 Å². The fraction of sp³-hybridized carbons (Fsp3) is 0.348. The van der Waals surface area contributed by atoms with Crippen molar-refractivity contribution < 1.29 is 19.5 Å². The molecular weight excluding hydrogens is 462 g/mol. The first-order valence-electron chi connectivity index (χ1n) is 10.3. The van der Waals surface area contributed by atoms with Gasteiger partial charge >= 0.3 is 0 Å². The van der Waals surface area contributed by atoms with Crippen LogP contribution < -0.4 is 10.6 Å². The highest BCUT2D eigenvalue weighted by atomic mass is 79.9. The lowest BCUT2D eigenvalue weighted by Crippen LogP contribution is -2.55. The fourth-order valence-electron chi connectivity index (χ4n) is 5.28. The molecule has 3 aliphatic heterocycles. The molecule has 1 spiro atoms. The van der Waals surface area contributed by atoms with Crippen molar-refractivity contribution in [2.24, 2.45) is 11.8 Å². The molecule has 2 aromatic rings. The van der Waals surface area contributed by atoms with Gasteiger partial charge in [-0.3, -0.25) is 24.6 Å². The standard InChI is InChI=1S/C23H22BrN3O4/c1-12(28)19-17-18(21(30)27(20(17)29)10-9-13-5-3-2-4-6-13)23(26-19)15-11-14(24)7-8-16(15)25-22(23)31/h2-8,11-12,17-19,26,28H,9-10H2,1H3,(H,25,31)/t12-,17+,18+,19-,23+/m1/s1. The number of benzene rings is 2. The number of carbonyl (C=O) groups excluding carboxylic acids is 3. The Kier molecular flexibility index (Phi) is 4.76. The van der Waals surface area contributed by atoms with Crippen molar-refractivity contribution in [3.8, 4) is 0 Å². The lowest BCUT2D eigenvalue weighted by Gasteiger charge is -2.30. The van der Waals surface area contributed by atoms with Crippen molar-refractivity contribution in [1.29, 1.82) is 0 Å². The average Bonchev–Trinajstić information content (AvgIpc) is 3.33. The summed E-state index contributed by atoms with van der Waals surface area (Å²) < 4.78 is 0.763. The van der Waals surface area contributed by atoms with Crippen LogP contribution in [0.15, 0.2) is 53.0 Å². The zero-order valence-corrected chi connectivity index (χ0v) is 18.4. The molecule has 0 saturated carbocycles. The molecular formula is C23H22BrN3O4. The molecule has 0 aromatic heterocycles. The minimum atomic E-state index is -1.39.